The summed E-state index contributed by atoms with van der Waals surface area (Å²) in [4.78, 5) is 14.6. The molecular formula is C39H22N4O. The van der Waals surface area contributed by atoms with Gasteiger partial charge in [-0.05, 0) is 47.5 Å². The van der Waals surface area contributed by atoms with Crippen LogP contribution in [0.25, 0.3) is 93.9 Å². The number of hydrogen-bond acceptors (Lipinski definition) is 4. The summed E-state index contributed by atoms with van der Waals surface area (Å²) in [6.07, 6.45) is 1.55. The normalized spacial score (nSPS) is 12.1. The third-order valence-corrected chi connectivity index (χ3v) is 8.87. The summed E-state index contributed by atoms with van der Waals surface area (Å²) in [5.41, 5.74) is 11.4. The summed E-state index contributed by atoms with van der Waals surface area (Å²) >= 11 is 0. The van der Waals surface area contributed by atoms with Gasteiger partial charge in [-0.25, -0.2) is 15.0 Å². The molecule has 0 aliphatic heterocycles. The molecule has 0 spiro atoms. The highest BCUT2D eigenvalue weighted by molar-refractivity contribution is 6.30. The highest BCUT2D eigenvalue weighted by Crippen LogP contribution is 2.44. The van der Waals surface area contributed by atoms with Crippen LogP contribution < -0.4 is 0 Å². The van der Waals surface area contributed by atoms with Crippen molar-refractivity contribution in [3.8, 4) is 33.8 Å². The van der Waals surface area contributed by atoms with E-state index in [1.54, 1.807) is 6.39 Å². The molecule has 5 nitrogen and oxygen atoms in total. The molecule has 0 saturated carbocycles. The quantitative estimate of drug-likeness (QED) is 0.215. The zero-order valence-electron chi connectivity index (χ0n) is 23.4. The molecule has 6 aromatic carbocycles. The fourth-order valence-corrected chi connectivity index (χ4v) is 6.92. The summed E-state index contributed by atoms with van der Waals surface area (Å²) in [6, 6.07) is 44.5. The summed E-state index contributed by atoms with van der Waals surface area (Å²) < 4.78 is 8.38. The van der Waals surface area contributed by atoms with Crippen molar-refractivity contribution in [2.45, 2.75) is 0 Å². The number of aromatic nitrogens is 4. The van der Waals surface area contributed by atoms with Crippen LogP contribution in [0.4, 0.5) is 0 Å². The van der Waals surface area contributed by atoms with E-state index in [1.165, 1.54) is 21.8 Å². The summed E-state index contributed by atoms with van der Waals surface area (Å²) in [5.74, 6) is 0.723. The van der Waals surface area contributed by atoms with Crippen molar-refractivity contribution in [1.29, 1.82) is 0 Å². The van der Waals surface area contributed by atoms with E-state index in [2.05, 4.69) is 106 Å². The molecule has 0 aliphatic carbocycles. The monoisotopic (exact) mass is 562 g/mol. The second-order valence-corrected chi connectivity index (χ2v) is 11.3. The van der Waals surface area contributed by atoms with Gasteiger partial charge in [0.2, 0.25) is 0 Å². The highest BCUT2D eigenvalue weighted by atomic mass is 16.3. The topological polar surface area (TPSA) is 56.2 Å². The first-order valence-electron chi connectivity index (χ1n) is 14.7. The van der Waals surface area contributed by atoms with Gasteiger partial charge in [0.1, 0.15) is 5.52 Å². The van der Waals surface area contributed by atoms with E-state index >= 15 is 0 Å². The molecule has 0 aliphatic rings. The van der Waals surface area contributed by atoms with Gasteiger partial charge in [0, 0.05) is 32.7 Å². The lowest BCUT2D eigenvalue weighted by atomic mass is 9.98. The number of benzene rings is 6. The van der Waals surface area contributed by atoms with Crippen molar-refractivity contribution in [1.82, 2.24) is 19.4 Å². The highest BCUT2D eigenvalue weighted by Gasteiger charge is 2.22. The molecule has 0 bridgehead atoms. The Morgan fingerprint density at radius 2 is 1.25 bits per heavy atom. The first kappa shape index (κ1) is 23.5. The molecule has 5 heteroatoms. The first-order valence-corrected chi connectivity index (χ1v) is 14.7. The van der Waals surface area contributed by atoms with Gasteiger partial charge in [0.25, 0.3) is 0 Å². The van der Waals surface area contributed by atoms with E-state index in [0.717, 1.165) is 72.1 Å². The van der Waals surface area contributed by atoms with Crippen molar-refractivity contribution in [3.05, 3.63) is 134 Å². The fraction of sp³-hybridized carbons (Fsp3) is 0. The Hall–Kier alpha value is -6.07. The molecule has 0 radical (unpaired) electrons. The van der Waals surface area contributed by atoms with Crippen LogP contribution in [0.5, 0.6) is 0 Å². The molecule has 4 heterocycles. The van der Waals surface area contributed by atoms with Crippen molar-refractivity contribution < 1.29 is 4.42 Å². The summed E-state index contributed by atoms with van der Waals surface area (Å²) in [5, 5.41) is 5.71. The van der Waals surface area contributed by atoms with Gasteiger partial charge in [0.15, 0.2) is 17.8 Å². The van der Waals surface area contributed by atoms with Crippen LogP contribution >= 0.6 is 0 Å². The third-order valence-electron chi connectivity index (χ3n) is 8.87. The average molecular weight is 563 g/mol. The molecule has 10 rings (SSSR count). The molecule has 0 atom stereocenters. The largest absolute Gasteiger partial charge is 0.443 e. The molecule has 0 unspecified atom stereocenters. The van der Waals surface area contributed by atoms with Gasteiger partial charge in [-0.3, -0.25) is 0 Å². The van der Waals surface area contributed by atoms with E-state index in [0.29, 0.717) is 0 Å². The number of fused-ring (bicyclic) bond motifs is 9. The van der Waals surface area contributed by atoms with Crippen LogP contribution in [-0.2, 0) is 0 Å². The smallest absolute Gasteiger partial charge is 0.182 e. The second kappa shape index (κ2) is 8.72. The maximum atomic E-state index is 6.01. The van der Waals surface area contributed by atoms with E-state index < -0.39 is 0 Å². The predicted molar refractivity (Wildman–Crippen MR) is 178 cm³/mol. The number of nitrogens with zero attached hydrogens (tertiary/aromatic N) is 4. The molecule has 10 aromatic rings. The average Bonchev–Trinajstić information content (AvgIpc) is 3.79. The Balaban J connectivity index is 1.21. The fourth-order valence-electron chi connectivity index (χ4n) is 6.92. The Kier molecular flexibility index (Phi) is 4.66. The Labute approximate surface area is 251 Å². The van der Waals surface area contributed by atoms with Crippen LogP contribution in [0.2, 0.25) is 0 Å². The van der Waals surface area contributed by atoms with Crippen molar-refractivity contribution in [2.24, 2.45) is 0 Å². The minimum absolute atomic E-state index is 0.723. The first-order chi connectivity index (χ1) is 21.8. The second-order valence-electron chi connectivity index (χ2n) is 11.3. The molecule has 4 aromatic heterocycles. The molecule has 0 N–H and O–H groups in total. The Morgan fingerprint density at radius 1 is 0.500 bits per heavy atom. The maximum Gasteiger partial charge on any atom is 0.182 e. The molecule has 0 saturated heterocycles. The van der Waals surface area contributed by atoms with E-state index in [-0.39, 0.29) is 0 Å². The lowest BCUT2D eigenvalue weighted by Gasteiger charge is -2.11. The van der Waals surface area contributed by atoms with Crippen LogP contribution in [-0.4, -0.2) is 19.4 Å². The standard InChI is InChI=1S/C39H22N4O/c1-2-9-23(10-3-1)39-41-31-15-6-4-14-28(31)36(42-39)26-12-8-11-24(19-26)25-17-18-34-30(20-25)35-37-29(21-32-38(35)44-22-40-32)27-13-5-7-16-33(27)43(34)37/h1-22H. The van der Waals surface area contributed by atoms with Gasteiger partial charge in [-0.15, -0.1) is 0 Å². The summed E-state index contributed by atoms with van der Waals surface area (Å²) in [6.45, 7) is 0. The van der Waals surface area contributed by atoms with Gasteiger partial charge in [-0.1, -0.05) is 91.0 Å². The van der Waals surface area contributed by atoms with Gasteiger partial charge in [0.05, 0.1) is 33.1 Å². The lowest BCUT2D eigenvalue weighted by molar-refractivity contribution is 0.605. The van der Waals surface area contributed by atoms with Crippen molar-refractivity contribution >= 4 is 60.1 Å². The molecule has 204 valence electrons. The minimum Gasteiger partial charge on any atom is -0.443 e. The SMILES string of the molecule is c1ccc(-c2nc(-c3cccc(-c4ccc5c(c4)c4c6ocnc6cc6c7ccccc7n5c64)c3)c3ccccc3n2)cc1. The predicted octanol–water partition coefficient (Wildman–Crippen LogP) is 9.92. The van der Waals surface area contributed by atoms with Gasteiger partial charge >= 0.3 is 0 Å². The van der Waals surface area contributed by atoms with Crippen molar-refractivity contribution in [2.75, 3.05) is 0 Å². The zero-order chi connectivity index (χ0) is 28.8. The number of para-hydroxylation sites is 2. The third kappa shape index (κ3) is 3.21. The summed E-state index contributed by atoms with van der Waals surface area (Å²) in [7, 11) is 0. The molecule has 0 fully saturated rings. The Bertz CT molecular complexity index is 2720. The number of hydrogen-bond donors (Lipinski definition) is 0. The van der Waals surface area contributed by atoms with Crippen LogP contribution in [0.15, 0.2) is 138 Å². The van der Waals surface area contributed by atoms with E-state index in [1.807, 2.05) is 30.3 Å². The molecule has 0 amide bonds. The number of oxazole rings is 1. The van der Waals surface area contributed by atoms with Gasteiger partial charge < -0.3 is 8.82 Å². The lowest BCUT2D eigenvalue weighted by Crippen LogP contribution is -1.95. The molecule has 44 heavy (non-hydrogen) atoms. The van der Waals surface area contributed by atoms with Crippen LogP contribution in [0.3, 0.4) is 0 Å². The van der Waals surface area contributed by atoms with E-state index in [9.17, 15) is 0 Å². The Morgan fingerprint density at radius 3 is 2.18 bits per heavy atom. The maximum absolute atomic E-state index is 6.01. The zero-order valence-corrected chi connectivity index (χ0v) is 23.4. The minimum atomic E-state index is 0.723. The van der Waals surface area contributed by atoms with Crippen LogP contribution in [0.1, 0.15) is 0 Å². The van der Waals surface area contributed by atoms with Crippen molar-refractivity contribution in [3.63, 3.8) is 0 Å². The van der Waals surface area contributed by atoms with E-state index in [4.69, 9.17) is 14.4 Å². The van der Waals surface area contributed by atoms with Gasteiger partial charge in [-0.2, -0.15) is 0 Å². The number of rotatable bonds is 3. The van der Waals surface area contributed by atoms with Crippen LogP contribution in [0, 0.1) is 0 Å². The molecular weight excluding hydrogens is 540 g/mol.